The number of carbonyl (C=O) groups excluding carboxylic acids is 1. The van der Waals surface area contributed by atoms with Gasteiger partial charge in [0.05, 0.1) is 19.3 Å². The summed E-state index contributed by atoms with van der Waals surface area (Å²) in [5.41, 5.74) is 1.72. The van der Waals surface area contributed by atoms with Crippen LogP contribution >= 0.6 is 0 Å². The first-order valence-corrected chi connectivity index (χ1v) is 13.9. The molecule has 2 N–H and O–H groups in total. The minimum atomic E-state index is -0.625. The minimum absolute atomic E-state index is 0.0268. The second-order valence-corrected chi connectivity index (χ2v) is 13.0. The van der Waals surface area contributed by atoms with Crippen LogP contribution in [0, 0.1) is 46.3 Å². The maximum atomic E-state index is 13.4. The Labute approximate surface area is 205 Å². The molecule has 5 aliphatic rings. The van der Waals surface area contributed by atoms with Gasteiger partial charge in [-0.25, -0.2) is 0 Å². The van der Waals surface area contributed by atoms with Gasteiger partial charge in [-0.2, -0.15) is 0 Å². The van der Waals surface area contributed by atoms with Crippen molar-refractivity contribution in [2.24, 2.45) is 46.3 Å². The fourth-order valence-corrected chi connectivity index (χ4v) is 9.31. The van der Waals surface area contributed by atoms with E-state index < -0.39 is 5.79 Å². The molecule has 4 fully saturated rings. The lowest BCUT2D eigenvalue weighted by Crippen LogP contribution is -2.52. The van der Waals surface area contributed by atoms with E-state index in [-0.39, 0.29) is 41.3 Å². The SMILES string of the molecule is C[C@@H](CO)CCC(=O)[C@@H](C)[C@H]1C2(C[C@H]3[C@@H]4CC=C5C[C@@H](O)CC[C@]5(C)[C@H]4CC[C@@]31C)OCCO2. The van der Waals surface area contributed by atoms with Gasteiger partial charge in [0.1, 0.15) is 5.78 Å². The molecule has 3 saturated carbocycles. The summed E-state index contributed by atoms with van der Waals surface area (Å²) in [7, 11) is 0. The number of carbonyl (C=O) groups is 1. The second-order valence-electron chi connectivity index (χ2n) is 13.0. The molecule has 5 rings (SSSR count). The van der Waals surface area contributed by atoms with Crippen molar-refractivity contribution in [3.63, 3.8) is 0 Å². The van der Waals surface area contributed by atoms with E-state index in [0.717, 1.165) is 44.9 Å². The monoisotopic (exact) mass is 474 g/mol. The quantitative estimate of drug-likeness (QED) is 0.536. The van der Waals surface area contributed by atoms with Gasteiger partial charge in [0.2, 0.25) is 0 Å². The highest BCUT2D eigenvalue weighted by molar-refractivity contribution is 5.81. The first kappa shape index (κ1) is 24.9. The number of ketones is 1. The third-order valence-corrected chi connectivity index (χ3v) is 11.2. The number of hydrogen-bond donors (Lipinski definition) is 2. The number of hydrogen-bond acceptors (Lipinski definition) is 5. The van der Waals surface area contributed by atoms with E-state index >= 15 is 0 Å². The van der Waals surface area contributed by atoms with Gasteiger partial charge in [0, 0.05) is 31.3 Å². The van der Waals surface area contributed by atoms with Gasteiger partial charge in [-0.3, -0.25) is 4.79 Å². The second kappa shape index (κ2) is 8.97. The van der Waals surface area contributed by atoms with Gasteiger partial charge in [0.25, 0.3) is 0 Å². The summed E-state index contributed by atoms with van der Waals surface area (Å²) in [5.74, 6) is 1.53. The van der Waals surface area contributed by atoms with Gasteiger partial charge >= 0.3 is 0 Å². The molecule has 1 spiro atoms. The van der Waals surface area contributed by atoms with E-state index in [2.05, 4.69) is 26.8 Å². The fourth-order valence-electron chi connectivity index (χ4n) is 9.31. The van der Waals surface area contributed by atoms with Crippen molar-refractivity contribution in [3.05, 3.63) is 11.6 Å². The molecule has 0 aromatic heterocycles. The summed E-state index contributed by atoms with van der Waals surface area (Å²) in [5, 5.41) is 19.7. The molecule has 34 heavy (non-hydrogen) atoms. The summed E-state index contributed by atoms with van der Waals surface area (Å²) in [6, 6.07) is 0. The van der Waals surface area contributed by atoms with Crippen molar-refractivity contribution >= 4 is 5.78 Å². The Balaban J connectivity index is 1.44. The van der Waals surface area contributed by atoms with Crippen LogP contribution in [0.25, 0.3) is 0 Å². The predicted molar refractivity (Wildman–Crippen MR) is 131 cm³/mol. The maximum absolute atomic E-state index is 13.4. The molecule has 5 nitrogen and oxygen atoms in total. The van der Waals surface area contributed by atoms with Gasteiger partial charge in [-0.1, -0.05) is 39.3 Å². The Morgan fingerprint density at radius 3 is 2.59 bits per heavy atom. The molecular formula is C29H46O5. The third kappa shape index (κ3) is 3.76. The zero-order valence-electron chi connectivity index (χ0n) is 21.7. The lowest BCUT2D eigenvalue weighted by Gasteiger charge is -2.58. The summed E-state index contributed by atoms with van der Waals surface area (Å²) < 4.78 is 12.9. The van der Waals surface area contributed by atoms with Crippen molar-refractivity contribution < 1.29 is 24.5 Å². The van der Waals surface area contributed by atoms with E-state index in [4.69, 9.17) is 9.47 Å². The van der Waals surface area contributed by atoms with Crippen LogP contribution in [0.4, 0.5) is 0 Å². The number of rotatable bonds is 6. The first-order chi connectivity index (χ1) is 16.1. The predicted octanol–water partition coefficient (Wildman–Crippen LogP) is 4.89. The largest absolute Gasteiger partial charge is 0.396 e. The molecular weight excluding hydrogens is 428 g/mol. The van der Waals surface area contributed by atoms with Crippen molar-refractivity contribution in [2.45, 2.75) is 97.4 Å². The normalized spacial score (nSPS) is 44.6. The molecule has 0 amide bonds. The molecule has 192 valence electrons. The van der Waals surface area contributed by atoms with Crippen molar-refractivity contribution in [3.8, 4) is 0 Å². The average molecular weight is 475 g/mol. The fraction of sp³-hybridized carbons (Fsp3) is 0.897. The number of fused-ring (bicyclic) bond motifs is 5. The minimum Gasteiger partial charge on any atom is -0.396 e. The summed E-state index contributed by atoms with van der Waals surface area (Å²) in [6.07, 6.45) is 10.7. The van der Waals surface area contributed by atoms with Crippen molar-refractivity contribution in [1.29, 1.82) is 0 Å². The number of ether oxygens (including phenoxy) is 2. The Kier molecular flexibility index (Phi) is 6.58. The molecule has 4 aliphatic carbocycles. The van der Waals surface area contributed by atoms with Crippen LogP contribution in [0.2, 0.25) is 0 Å². The van der Waals surface area contributed by atoms with E-state index in [1.54, 1.807) is 0 Å². The third-order valence-electron chi connectivity index (χ3n) is 11.2. The van der Waals surface area contributed by atoms with E-state index in [1.807, 2.05) is 6.92 Å². The van der Waals surface area contributed by atoms with E-state index in [1.165, 1.54) is 12.0 Å². The van der Waals surface area contributed by atoms with Crippen LogP contribution in [-0.4, -0.2) is 47.7 Å². The molecule has 1 heterocycles. The smallest absolute Gasteiger partial charge is 0.172 e. The molecule has 5 heteroatoms. The van der Waals surface area contributed by atoms with Crippen LogP contribution in [0.5, 0.6) is 0 Å². The molecule has 0 radical (unpaired) electrons. The van der Waals surface area contributed by atoms with Crippen molar-refractivity contribution in [1.82, 2.24) is 0 Å². The van der Waals surface area contributed by atoms with Gasteiger partial charge in [-0.05, 0) is 79.4 Å². The lowest BCUT2D eigenvalue weighted by molar-refractivity contribution is -0.206. The zero-order valence-corrected chi connectivity index (χ0v) is 21.7. The topological polar surface area (TPSA) is 76.0 Å². The molecule has 0 aromatic carbocycles. The molecule has 1 aliphatic heterocycles. The Morgan fingerprint density at radius 2 is 1.88 bits per heavy atom. The molecule has 0 bridgehead atoms. The molecule has 0 aromatic rings. The zero-order chi connectivity index (χ0) is 24.3. The summed E-state index contributed by atoms with van der Waals surface area (Å²) in [6.45, 7) is 10.4. The number of allylic oxidation sites excluding steroid dienone is 1. The first-order valence-electron chi connectivity index (χ1n) is 13.9. The standard InChI is InChI=1S/C29H46O5/c1-18(17-30)5-8-25(32)19(2)26-28(4)12-10-23-22(24(28)16-29(26)33-13-14-34-29)7-6-20-15-21(31)9-11-27(20,23)3/h6,18-19,21-24,26,30-31H,5,7-17H2,1-4H3/t18-,19-,21+,22-,23+,24+,26-,27+,28+/m1/s1. The number of Topliss-reactive ketones (excluding diaryl/α,β-unsaturated/α-hetero) is 1. The van der Waals surface area contributed by atoms with Gasteiger partial charge in [-0.15, -0.1) is 0 Å². The molecule has 9 atom stereocenters. The Bertz CT molecular complexity index is 815. The molecule has 0 unspecified atom stereocenters. The molecule has 1 saturated heterocycles. The lowest BCUT2D eigenvalue weighted by atomic mass is 9.47. The van der Waals surface area contributed by atoms with Crippen LogP contribution < -0.4 is 0 Å². The summed E-state index contributed by atoms with van der Waals surface area (Å²) >= 11 is 0. The van der Waals surface area contributed by atoms with Crippen LogP contribution in [-0.2, 0) is 14.3 Å². The van der Waals surface area contributed by atoms with Crippen LogP contribution in [0.1, 0.15) is 85.5 Å². The number of aliphatic hydroxyl groups is 2. The highest BCUT2D eigenvalue weighted by Gasteiger charge is 2.69. The Hall–Kier alpha value is -0.750. The van der Waals surface area contributed by atoms with E-state index in [0.29, 0.717) is 43.2 Å². The van der Waals surface area contributed by atoms with Gasteiger partial charge in [0.15, 0.2) is 5.79 Å². The highest BCUT2D eigenvalue weighted by atomic mass is 16.7. The van der Waals surface area contributed by atoms with Gasteiger partial charge < -0.3 is 19.7 Å². The van der Waals surface area contributed by atoms with Crippen LogP contribution in [0.15, 0.2) is 11.6 Å². The average Bonchev–Trinajstić information content (AvgIpc) is 3.38. The maximum Gasteiger partial charge on any atom is 0.172 e. The number of aliphatic hydroxyl groups excluding tert-OH is 2. The van der Waals surface area contributed by atoms with Crippen molar-refractivity contribution in [2.75, 3.05) is 19.8 Å². The van der Waals surface area contributed by atoms with E-state index in [9.17, 15) is 15.0 Å². The Morgan fingerprint density at radius 1 is 1.15 bits per heavy atom. The summed E-state index contributed by atoms with van der Waals surface area (Å²) in [4.78, 5) is 13.4. The highest BCUT2D eigenvalue weighted by Crippen LogP contribution is 2.70. The van der Waals surface area contributed by atoms with Crippen LogP contribution in [0.3, 0.4) is 0 Å².